The molecule has 0 spiro atoms. The third kappa shape index (κ3) is 4.61. The van der Waals surface area contributed by atoms with Crippen LogP contribution in [-0.2, 0) is 0 Å². The summed E-state index contributed by atoms with van der Waals surface area (Å²) in [4.78, 5) is 24.9. The van der Waals surface area contributed by atoms with Crippen molar-refractivity contribution in [3.63, 3.8) is 0 Å². The van der Waals surface area contributed by atoms with Gasteiger partial charge in [-0.1, -0.05) is 13.3 Å². The largest absolute Gasteiger partial charge is 0.467 e. The van der Waals surface area contributed by atoms with E-state index in [2.05, 4.69) is 21.9 Å². The van der Waals surface area contributed by atoms with Crippen molar-refractivity contribution >= 4 is 16.7 Å². The Morgan fingerprint density at radius 3 is 2.50 bits per heavy atom. The van der Waals surface area contributed by atoms with Crippen molar-refractivity contribution in [1.29, 1.82) is 0 Å². The lowest BCUT2D eigenvalue weighted by Crippen LogP contribution is -2.23. The van der Waals surface area contributed by atoms with Crippen LogP contribution in [0.15, 0.2) is 36.8 Å². The predicted molar refractivity (Wildman–Crippen MR) is 118 cm³/mol. The Bertz CT molecular complexity index is 1100. The summed E-state index contributed by atoms with van der Waals surface area (Å²) in [5, 5.41) is 0.565. The fourth-order valence-corrected chi connectivity index (χ4v) is 5.02. The van der Waals surface area contributed by atoms with E-state index in [1.807, 2.05) is 6.07 Å². The molecule has 4 rings (SSSR count). The number of benzene rings is 1. The third-order valence-electron chi connectivity index (χ3n) is 6.78. The van der Waals surface area contributed by atoms with Crippen LogP contribution >= 0.6 is 0 Å². The van der Waals surface area contributed by atoms with E-state index >= 15 is 0 Å². The van der Waals surface area contributed by atoms with Crippen LogP contribution in [0.2, 0.25) is 0 Å². The van der Waals surface area contributed by atoms with Crippen LogP contribution in [0.5, 0.6) is 6.01 Å². The van der Waals surface area contributed by atoms with Gasteiger partial charge in [0.15, 0.2) is 11.6 Å². The number of aromatic nitrogens is 3. The number of fused-ring (bicyclic) bond motifs is 1. The maximum Gasteiger partial charge on any atom is 0.316 e. The number of Topliss-reactive ketones (excluding diaryl/α,β-unsaturated/α-hetero) is 1. The summed E-state index contributed by atoms with van der Waals surface area (Å²) >= 11 is 0. The summed E-state index contributed by atoms with van der Waals surface area (Å²) in [6.45, 7) is 2.12. The molecule has 0 aliphatic heterocycles. The molecule has 2 aromatic heterocycles. The Labute approximate surface area is 186 Å². The number of hydrogen-bond acceptors (Lipinski definition) is 5. The Balaban J connectivity index is 1.43. The van der Waals surface area contributed by atoms with E-state index in [-0.39, 0.29) is 29.1 Å². The number of ketones is 1. The number of methoxy groups -OCH3 is 1. The fraction of sp³-hybridized carbons (Fsp3) is 0.440. The number of hydrogen-bond donors (Lipinski definition) is 0. The second-order valence-corrected chi connectivity index (χ2v) is 8.55. The lowest BCUT2D eigenvalue weighted by Gasteiger charge is -2.34. The zero-order valence-corrected chi connectivity index (χ0v) is 18.4. The highest BCUT2D eigenvalue weighted by Gasteiger charge is 2.30. The second kappa shape index (κ2) is 9.67. The lowest BCUT2D eigenvalue weighted by atomic mass is 9.71. The van der Waals surface area contributed by atoms with Crippen molar-refractivity contribution in [3.8, 4) is 6.01 Å². The van der Waals surface area contributed by atoms with Crippen LogP contribution in [-0.4, -0.2) is 27.8 Å². The summed E-state index contributed by atoms with van der Waals surface area (Å²) in [5.74, 6) is -0.183. The van der Waals surface area contributed by atoms with E-state index in [0.717, 1.165) is 43.7 Å². The molecular formula is C25H27F2N3O2. The first kappa shape index (κ1) is 22.2. The van der Waals surface area contributed by atoms with Crippen LogP contribution < -0.4 is 4.74 Å². The van der Waals surface area contributed by atoms with Gasteiger partial charge in [0.25, 0.3) is 0 Å². The average molecular weight is 440 g/mol. The van der Waals surface area contributed by atoms with E-state index in [4.69, 9.17) is 4.74 Å². The quantitative estimate of drug-likeness (QED) is 0.430. The van der Waals surface area contributed by atoms with Crippen LogP contribution in [0.25, 0.3) is 10.9 Å². The van der Waals surface area contributed by atoms with E-state index in [1.54, 1.807) is 6.20 Å². The standard InChI is InChI=1S/C25H27F2N3O2/c1-3-15(10-23(31)18-13-29-25(32-2)30-14-18)16-4-6-17(7-5-16)20-8-9-28-24-21(20)11-19(26)12-22(24)27/h8-9,11-17H,3-7,10H2,1-2H3/t15-,16?,17?/m0/s1. The molecular weight excluding hydrogens is 412 g/mol. The van der Waals surface area contributed by atoms with Gasteiger partial charge in [-0.2, -0.15) is 0 Å². The van der Waals surface area contributed by atoms with E-state index < -0.39 is 11.6 Å². The molecule has 0 radical (unpaired) electrons. The van der Waals surface area contributed by atoms with Gasteiger partial charge in [0.1, 0.15) is 11.3 Å². The van der Waals surface area contributed by atoms with Crippen LogP contribution in [0, 0.1) is 23.5 Å². The number of rotatable bonds is 7. The molecule has 1 aliphatic carbocycles. The average Bonchev–Trinajstić information content (AvgIpc) is 2.82. The molecule has 1 saturated carbocycles. The number of halogens is 2. The molecule has 1 atom stereocenters. The summed E-state index contributed by atoms with van der Waals surface area (Å²) < 4.78 is 33.0. The van der Waals surface area contributed by atoms with Gasteiger partial charge in [-0.05, 0) is 61.1 Å². The summed E-state index contributed by atoms with van der Waals surface area (Å²) in [6, 6.07) is 4.40. The Morgan fingerprint density at radius 2 is 1.84 bits per heavy atom. The minimum Gasteiger partial charge on any atom is -0.467 e. The molecule has 1 aromatic carbocycles. The van der Waals surface area contributed by atoms with Crippen molar-refractivity contribution in [1.82, 2.24) is 15.0 Å². The van der Waals surface area contributed by atoms with E-state index in [1.165, 1.54) is 25.6 Å². The van der Waals surface area contributed by atoms with Gasteiger partial charge in [-0.15, -0.1) is 0 Å². The number of pyridine rings is 1. The third-order valence-corrected chi connectivity index (χ3v) is 6.78. The minimum absolute atomic E-state index is 0.0488. The fourth-order valence-electron chi connectivity index (χ4n) is 5.02. The highest BCUT2D eigenvalue weighted by molar-refractivity contribution is 5.95. The summed E-state index contributed by atoms with van der Waals surface area (Å²) in [7, 11) is 1.49. The van der Waals surface area contributed by atoms with Crippen LogP contribution in [0.4, 0.5) is 8.78 Å². The molecule has 3 aromatic rings. The molecule has 0 saturated heterocycles. The molecule has 0 amide bonds. The van der Waals surface area contributed by atoms with Crippen molar-refractivity contribution in [2.45, 2.75) is 51.4 Å². The molecule has 2 heterocycles. The highest BCUT2D eigenvalue weighted by Crippen LogP contribution is 2.42. The summed E-state index contributed by atoms with van der Waals surface area (Å²) in [6.07, 6.45) is 9.86. The molecule has 1 fully saturated rings. The number of ether oxygens (including phenoxy) is 1. The van der Waals surface area contributed by atoms with Crippen molar-refractivity contribution in [3.05, 3.63) is 59.6 Å². The highest BCUT2D eigenvalue weighted by atomic mass is 19.1. The normalized spacial score (nSPS) is 19.6. The first-order valence-electron chi connectivity index (χ1n) is 11.1. The number of carbonyl (C=O) groups is 1. The monoisotopic (exact) mass is 439 g/mol. The topological polar surface area (TPSA) is 65.0 Å². The molecule has 32 heavy (non-hydrogen) atoms. The van der Waals surface area contributed by atoms with Crippen LogP contribution in [0.3, 0.4) is 0 Å². The van der Waals surface area contributed by atoms with Gasteiger partial charge in [0, 0.05) is 36.5 Å². The van der Waals surface area contributed by atoms with Crippen molar-refractivity contribution in [2.24, 2.45) is 11.8 Å². The van der Waals surface area contributed by atoms with Gasteiger partial charge in [-0.25, -0.2) is 18.7 Å². The molecule has 168 valence electrons. The second-order valence-electron chi connectivity index (χ2n) is 8.55. The van der Waals surface area contributed by atoms with Gasteiger partial charge in [-0.3, -0.25) is 9.78 Å². The molecule has 0 unspecified atom stereocenters. The van der Waals surface area contributed by atoms with Gasteiger partial charge in [0.2, 0.25) is 0 Å². The summed E-state index contributed by atoms with van der Waals surface area (Å²) in [5.41, 5.74) is 1.70. The maximum absolute atomic E-state index is 14.2. The molecule has 7 heteroatoms. The first-order chi connectivity index (χ1) is 15.5. The Morgan fingerprint density at radius 1 is 1.12 bits per heavy atom. The Kier molecular flexibility index (Phi) is 6.72. The number of nitrogens with zero attached hydrogens (tertiary/aromatic N) is 3. The maximum atomic E-state index is 14.2. The van der Waals surface area contributed by atoms with Gasteiger partial charge in [0.05, 0.1) is 12.7 Å². The SMILES string of the molecule is CC[C@@H](CC(=O)c1cnc(OC)nc1)C1CCC(c2ccnc3c(F)cc(F)cc23)CC1. The smallest absolute Gasteiger partial charge is 0.316 e. The van der Waals surface area contributed by atoms with Crippen molar-refractivity contribution < 1.29 is 18.3 Å². The van der Waals surface area contributed by atoms with Gasteiger partial charge < -0.3 is 4.74 Å². The zero-order valence-electron chi connectivity index (χ0n) is 18.4. The zero-order chi connectivity index (χ0) is 22.7. The minimum atomic E-state index is -0.623. The predicted octanol–water partition coefficient (Wildman–Crippen LogP) is 5.88. The number of carbonyl (C=O) groups excluding carboxylic acids is 1. The Hall–Kier alpha value is -2.96. The molecule has 5 nitrogen and oxygen atoms in total. The van der Waals surface area contributed by atoms with E-state index in [9.17, 15) is 13.6 Å². The lowest BCUT2D eigenvalue weighted by molar-refractivity contribution is 0.0925. The molecule has 0 N–H and O–H groups in total. The first-order valence-corrected chi connectivity index (χ1v) is 11.1. The molecule has 0 bridgehead atoms. The molecule has 1 aliphatic rings. The van der Waals surface area contributed by atoms with Crippen molar-refractivity contribution in [2.75, 3.05) is 7.11 Å². The van der Waals surface area contributed by atoms with Gasteiger partial charge >= 0.3 is 6.01 Å². The van der Waals surface area contributed by atoms with Crippen LogP contribution in [0.1, 0.15) is 67.3 Å². The van der Waals surface area contributed by atoms with E-state index in [0.29, 0.717) is 23.3 Å².